The second-order valence-electron chi connectivity index (χ2n) is 7.29. The van der Waals surface area contributed by atoms with Crippen molar-refractivity contribution in [3.63, 3.8) is 0 Å². The van der Waals surface area contributed by atoms with Crippen LogP contribution in [-0.2, 0) is 41.6 Å². The molecular formula is C20H36AgN2O7. The molecule has 0 saturated carbocycles. The van der Waals surface area contributed by atoms with E-state index < -0.39 is 37.5 Å². The number of nitrogens with zero attached hydrogens (tertiary/aromatic N) is 2. The first-order valence-corrected chi connectivity index (χ1v) is 10.4. The minimum atomic E-state index is -1.18. The Morgan fingerprint density at radius 3 is 1.50 bits per heavy atom. The minimum absolute atomic E-state index is 0. The van der Waals surface area contributed by atoms with Crippen LogP contribution in [0.2, 0.25) is 0 Å². The molecule has 0 heterocycles. The van der Waals surface area contributed by atoms with Gasteiger partial charge in [0.2, 0.25) is 5.91 Å². The molecule has 0 rings (SSSR count). The van der Waals surface area contributed by atoms with E-state index in [9.17, 15) is 19.2 Å². The molecule has 0 fully saturated rings. The SMILES string of the molecule is CCCCCCCCCCCC(=O)N(CCN(CC(=O)O)CC(=O)O)CC(=O)O.[Ag]. The van der Waals surface area contributed by atoms with E-state index in [-0.39, 0.29) is 47.8 Å². The largest absolute Gasteiger partial charge is 0.480 e. The van der Waals surface area contributed by atoms with E-state index in [0.717, 1.165) is 29.1 Å². The third-order valence-electron chi connectivity index (χ3n) is 4.58. The predicted octanol–water partition coefficient (Wildman–Crippen LogP) is 2.29. The number of carboxylic acids is 3. The van der Waals surface area contributed by atoms with Crippen LogP contribution >= 0.6 is 0 Å². The van der Waals surface area contributed by atoms with Crippen molar-refractivity contribution in [1.29, 1.82) is 0 Å². The average molecular weight is 524 g/mol. The topological polar surface area (TPSA) is 135 Å². The molecule has 0 aliphatic rings. The number of rotatable bonds is 19. The summed E-state index contributed by atoms with van der Waals surface area (Å²) in [5, 5.41) is 26.7. The number of aliphatic carboxylic acids is 3. The molecule has 0 atom stereocenters. The second kappa shape index (κ2) is 19.5. The molecule has 0 aromatic heterocycles. The van der Waals surface area contributed by atoms with Gasteiger partial charge in [-0.3, -0.25) is 24.1 Å². The van der Waals surface area contributed by atoms with Crippen LogP contribution in [0.15, 0.2) is 0 Å². The number of carbonyl (C=O) groups is 4. The molecule has 1 amide bonds. The molecule has 0 aliphatic carbocycles. The summed E-state index contributed by atoms with van der Waals surface area (Å²) in [7, 11) is 0. The van der Waals surface area contributed by atoms with Crippen molar-refractivity contribution in [3.8, 4) is 0 Å². The first kappa shape index (κ1) is 30.8. The third kappa shape index (κ3) is 18.6. The smallest absolute Gasteiger partial charge is 0.323 e. The molecule has 0 unspecified atom stereocenters. The van der Waals surface area contributed by atoms with Gasteiger partial charge in [0.05, 0.1) is 13.1 Å². The van der Waals surface area contributed by atoms with E-state index in [2.05, 4.69) is 6.92 Å². The Labute approximate surface area is 194 Å². The molecule has 179 valence electrons. The molecule has 3 N–H and O–H groups in total. The summed E-state index contributed by atoms with van der Waals surface area (Å²) in [6, 6.07) is 0. The monoisotopic (exact) mass is 523 g/mol. The molecule has 0 spiro atoms. The molecule has 9 nitrogen and oxygen atoms in total. The average Bonchev–Trinajstić information content (AvgIpc) is 2.62. The molecule has 0 bridgehead atoms. The fourth-order valence-corrected chi connectivity index (χ4v) is 3.06. The summed E-state index contributed by atoms with van der Waals surface area (Å²) < 4.78 is 0. The maximum absolute atomic E-state index is 12.4. The Morgan fingerprint density at radius 1 is 0.633 bits per heavy atom. The predicted molar refractivity (Wildman–Crippen MR) is 108 cm³/mol. The summed E-state index contributed by atoms with van der Waals surface area (Å²) in [5.41, 5.74) is 0. The Morgan fingerprint density at radius 2 is 1.07 bits per heavy atom. The van der Waals surface area contributed by atoms with Crippen molar-refractivity contribution in [3.05, 3.63) is 0 Å². The number of carboxylic acid groups (broad SMARTS) is 3. The standard InChI is InChI=1S/C20H36N2O7.Ag/c1-2-3-4-5-6-7-8-9-10-11-17(23)22(16-20(28)29)13-12-21(14-18(24)25)15-19(26)27;/h2-16H2,1H3,(H,24,25)(H,26,27)(H,28,29);. The van der Waals surface area contributed by atoms with Gasteiger partial charge in [-0.1, -0.05) is 58.3 Å². The molecule has 10 heteroatoms. The van der Waals surface area contributed by atoms with Gasteiger partial charge in [0.1, 0.15) is 6.54 Å². The van der Waals surface area contributed by atoms with Crippen LogP contribution in [0.5, 0.6) is 0 Å². The van der Waals surface area contributed by atoms with Crippen molar-refractivity contribution < 1.29 is 56.9 Å². The van der Waals surface area contributed by atoms with Crippen LogP contribution < -0.4 is 0 Å². The maximum atomic E-state index is 12.4. The normalized spacial score (nSPS) is 10.5. The van der Waals surface area contributed by atoms with Crippen molar-refractivity contribution in [2.24, 2.45) is 0 Å². The minimum Gasteiger partial charge on any atom is -0.480 e. The molecular weight excluding hydrogens is 488 g/mol. The first-order chi connectivity index (χ1) is 13.8. The zero-order valence-corrected chi connectivity index (χ0v) is 19.3. The second-order valence-corrected chi connectivity index (χ2v) is 7.29. The van der Waals surface area contributed by atoms with E-state index in [1.54, 1.807) is 0 Å². The van der Waals surface area contributed by atoms with E-state index in [1.165, 1.54) is 32.1 Å². The Balaban J connectivity index is 0. The number of hydrogen-bond donors (Lipinski definition) is 3. The van der Waals surface area contributed by atoms with E-state index in [1.807, 2.05) is 0 Å². The van der Waals surface area contributed by atoms with Crippen molar-refractivity contribution in [2.45, 2.75) is 71.1 Å². The van der Waals surface area contributed by atoms with Crippen LogP contribution in [-0.4, -0.2) is 81.7 Å². The fourth-order valence-electron chi connectivity index (χ4n) is 3.06. The Bertz CT molecular complexity index is 501. The van der Waals surface area contributed by atoms with E-state index in [0.29, 0.717) is 6.42 Å². The summed E-state index contributed by atoms with van der Waals surface area (Å²) in [5.74, 6) is -3.83. The van der Waals surface area contributed by atoms with Crippen molar-refractivity contribution in [1.82, 2.24) is 9.80 Å². The molecule has 0 aromatic rings. The summed E-state index contributed by atoms with van der Waals surface area (Å²) in [6.07, 6.45) is 10.2. The summed E-state index contributed by atoms with van der Waals surface area (Å²) in [4.78, 5) is 47.4. The molecule has 0 aliphatic heterocycles. The van der Waals surface area contributed by atoms with Gasteiger partial charge in [-0.15, -0.1) is 0 Å². The van der Waals surface area contributed by atoms with Gasteiger partial charge in [-0.05, 0) is 6.42 Å². The Kier molecular flexibility index (Phi) is 20.0. The van der Waals surface area contributed by atoms with Crippen LogP contribution in [0.1, 0.15) is 71.1 Å². The number of unbranched alkanes of at least 4 members (excludes halogenated alkanes) is 8. The zero-order chi connectivity index (χ0) is 22.1. The third-order valence-corrected chi connectivity index (χ3v) is 4.58. The maximum Gasteiger partial charge on any atom is 0.323 e. The van der Waals surface area contributed by atoms with Gasteiger partial charge in [-0.25, -0.2) is 0 Å². The molecule has 0 aromatic carbocycles. The van der Waals surface area contributed by atoms with Crippen LogP contribution in [0.25, 0.3) is 0 Å². The van der Waals surface area contributed by atoms with Crippen molar-refractivity contribution >= 4 is 23.8 Å². The van der Waals surface area contributed by atoms with Gasteiger partial charge in [0.15, 0.2) is 0 Å². The van der Waals surface area contributed by atoms with Crippen molar-refractivity contribution in [2.75, 3.05) is 32.7 Å². The van der Waals surface area contributed by atoms with E-state index >= 15 is 0 Å². The van der Waals surface area contributed by atoms with E-state index in [4.69, 9.17) is 15.3 Å². The number of amides is 1. The molecule has 0 saturated heterocycles. The number of hydrogen-bond acceptors (Lipinski definition) is 5. The first-order valence-electron chi connectivity index (χ1n) is 10.4. The molecule has 1 radical (unpaired) electrons. The number of carbonyl (C=O) groups excluding carboxylic acids is 1. The van der Waals surface area contributed by atoms with Crippen LogP contribution in [0.3, 0.4) is 0 Å². The zero-order valence-electron chi connectivity index (χ0n) is 17.8. The summed E-state index contributed by atoms with van der Waals surface area (Å²) in [6.45, 7) is 0.683. The van der Waals surface area contributed by atoms with Gasteiger partial charge < -0.3 is 20.2 Å². The fraction of sp³-hybridized carbons (Fsp3) is 0.800. The van der Waals surface area contributed by atoms with Gasteiger partial charge in [0, 0.05) is 41.9 Å². The quantitative estimate of drug-likeness (QED) is 0.173. The molecule has 30 heavy (non-hydrogen) atoms. The van der Waals surface area contributed by atoms with Crippen LogP contribution in [0.4, 0.5) is 0 Å². The summed E-state index contributed by atoms with van der Waals surface area (Å²) >= 11 is 0. The van der Waals surface area contributed by atoms with Gasteiger partial charge in [0.25, 0.3) is 0 Å². The Hall–Kier alpha value is -1.42. The van der Waals surface area contributed by atoms with Gasteiger partial charge in [-0.2, -0.15) is 0 Å². The van der Waals surface area contributed by atoms with Crippen LogP contribution in [0, 0.1) is 0 Å². The van der Waals surface area contributed by atoms with Gasteiger partial charge >= 0.3 is 17.9 Å².